The standard InChI is InChI=1S/C22H24N4/c1-14-9-15(2)11-19(10-14)24-22-23-16(3)12-21(25-22)26-17(4)13-18-7-5-6-8-20(18)26/h5-12,17H,13H2,1-4H3,(H,23,24,25). The van der Waals surface area contributed by atoms with Gasteiger partial charge in [0.1, 0.15) is 5.82 Å². The van der Waals surface area contributed by atoms with Crippen LogP contribution in [0.4, 0.5) is 23.1 Å². The maximum Gasteiger partial charge on any atom is 0.229 e. The fourth-order valence-corrected chi connectivity index (χ4v) is 3.82. The Kier molecular flexibility index (Phi) is 4.11. The molecule has 1 atom stereocenters. The summed E-state index contributed by atoms with van der Waals surface area (Å²) in [6.07, 6.45) is 1.04. The number of benzene rings is 2. The van der Waals surface area contributed by atoms with Crippen LogP contribution in [0.5, 0.6) is 0 Å². The first-order valence-corrected chi connectivity index (χ1v) is 9.08. The number of nitrogens with one attached hydrogen (secondary N) is 1. The van der Waals surface area contributed by atoms with E-state index in [0.717, 1.165) is 23.6 Å². The van der Waals surface area contributed by atoms with Gasteiger partial charge in [0.05, 0.1) is 0 Å². The molecule has 1 aliphatic heterocycles. The zero-order valence-electron chi connectivity index (χ0n) is 15.7. The van der Waals surface area contributed by atoms with Gasteiger partial charge in [-0.25, -0.2) is 4.98 Å². The summed E-state index contributed by atoms with van der Waals surface area (Å²) >= 11 is 0. The molecule has 4 nitrogen and oxygen atoms in total. The van der Waals surface area contributed by atoms with Crippen molar-refractivity contribution in [3.8, 4) is 0 Å². The Morgan fingerprint density at radius 1 is 0.962 bits per heavy atom. The van der Waals surface area contributed by atoms with E-state index in [1.54, 1.807) is 0 Å². The highest BCUT2D eigenvalue weighted by molar-refractivity contribution is 5.70. The van der Waals surface area contributed by atoms with Crippen LogP contribution < -0.4 is 10.2 Å². The van der Waals surface area contributed by atoms with E-state index in [1.807, 2.05) is 6.92 Å². The third-order valence-electron chi connectivity index (χ3n) is 4.77. The molecule has 2 aromatic carbocycles. The minimum absolute atomic E-state index is 0.385. The lowest BCUT2D eigenvalue weighted by molar-refractivity contribution is 0.749. The van der Waals surface area contributed by atoms with Crippen LogP contribution in [0.1, 0.15) is 29.3 Å². The summed E-state index contributed by atoms with van der Waals surface area (Å²) in [5.74, 6) is 1.59. The lowest BCUT2D eigenvalue weighted by Gasteiger charge is -2.24. The summed E-state index contributed by atoms with van der Waals surface area (Å²) < 4.78 is 0. The van der Waals surface area contributed by atoms with Gasteiger partial charge in [-0.2, -0.15) is 4.98 Å². The monoisotopic (exact) mass is 344 g/mol. The fourth-order valence-electron chi connectivity index (χ4n) is 3.82. The highest BCUT2D eigenvalue weighted by Crippen LogP contribution is 2.37. The largest absolute Gasteiger partial charge is 0.324 e. The second-order valence-corrected chi connectivity index (χ2v) is 7.24. The molecule has 1 aliphatic rings. The van der Waals surface area contributed by atoms with E-state index in [1.165, 1.54) is 22.4 Å². The highest BCUT2D eigenvalue weighted by atomic mass is 15.3. The number of aryl methyl sites for hydroxylation is 3. The zero-order chi connectivity index (χ0) is 18.3. The summed E-state index contributed by atoms with van der Waals surface area (Å²) in [4.78, 5) is 11.7. The molecule has 1 N–H and O–H groups in total. The van der Waals surface area contributed by atoms with Gasteiger partial charge in [0.25, 0.3) is 0 Å². The Morgan fingerprint density at radius 3 is 2.46 bits per heavy atom. The van der Waals surface area contributed by atoms with Crippen molar-refractivity contribution >= 4 is 23.1 Å². The molecule has 0 saturated carbocycles. The number of hydrogen-bond acceptors (Lipinski definition) is 4. The van der Waals surface area contributed by atoms with Gasteiger partial charge in [-0.05, 0) is 69.0 Å². The summed E-state index contributed by atoms with van der Waals surface area (Å²) in [5.41, 5.74) is 7.05. The smallest absolute Gasteiger partial charge is 0.229 e. The number of rotatable bonds is 3. The molecular weight excluding hydrogens is 320 g/mol. The summed E-state index contributed by atoms with van der Waals surface area (Å²) in [7, 11) is 0. The van der Waals surface area contributed by atoms with Gasteiger partial charge in [0.15, 0.2) is 0 Å². The van der Waals surface area contributed by atoms with Gasteiger partial charge in [0, 0.05) is 29.2 Å². The molecule has 3 aromatic rings. The van der Waals surface area contributed by atoms with E-state index in [2.05, 4.69) is 84.5 Å². The summed E-state index contributed by atoms with van der Waals surface area (Å²) in [5, 5.41) is 3.38. The minimum atomic E-state index is 0.385. The molecular formula is C22H24N4. The maximum absolute atomic E-state index is 4.82. The average Bonchev–Trinajstić information content (AvgIpc) is 2.89. The first-order valence-electron chi connectivity index (χ1n) is 9.08. The fraction of sp³-hybridized carbons (Fsp3) is 0.273. The topological polar surface area (TPSA) is 41.1 Å². The molecule has 0 radical (unpaired) electrons. The average molecular weight is 344 g/mol. The van der Waals surface area contributed by atoms with Crippen molar-refractivity contribution in [3.05, 3.63) is 70.9 Å². The predicted octanol–water partition coefficient (Wildman–Crippen LogP) is 5.23. The SMILES string of the molecule is Cc1cc(C)cc(Nc2nc(C)cc(N3c4ccccc4CC3C)n2)c1. The molecule has 0 amide bonds. The molecule has 0 aliphatic carbocycles. The molecule has 0 bridgehead atoms. The van der Waals surface area contributed by atoms with Crippen molar-refractivity contribution in [2.45, 2.75) is 40.2 Å². The van der Waals surface area contributed by atoms with Crippen molar-refractivity contribution in [1.82, 2.24) is 9.97 Å². The van der Waals surface area contributed by atoms with Gasteiger partial charge in [0.2, 0.25) is 5.95 Å². The third-order valence-corrected chi connectivity index (χ3v) is 4.77. The predicted molar refractivity (Wildman–Crippen MR) is 108 cm³/mol. The van der Waals surface area contributed by atoms with Crippen LogP contribution in [0.15, 0.2) is 48.5 Å². The van der Waals surface area contributed by atoms with Gasteiger partial charge in [-0.1, -0.05) is 24.3 Å². The van der Waals surface area contributed by atoms with Gasteiger partial charge in [-0.15, -0.1) is 0 Å². The summed E-state index contributed by atoms with van der Waals surface area (Å²) in [6.45, 7) is 8.46. The maximum atomic E-state index is 4.82. The first kappa shape index (κ1) is 16.6. The van der Waals surface area contributed by atoms with Crippen LogP contribution in [0.25, 0.3) is 0 Å². The molecule has 132 valence electrons. The van der Waals surface area contributed by atoms with E-state index in [0.29, 0.717) is 12.0 Å². The van der Waals surface area contributed by atoms with Crippen LogP contribution >= 0.6 is 0 Å². The van der Waals surface area contributed by atoms with E-state index in [-0.39, 0.29) is 0 Å². The van der Waals surface area contributed by atoms with Crippen molar-refractivity contribution < 1.29 is 0 Å². The van der Waals surface area contributed by atoms with Crippen LogP contribution in [0.3, 0.4) is 0 Å². The van der Waals surface area contributed by atoms with Gasteiger partial charge >= 0.3 is 0 Å². The van der Waals surface area contributed by atoms with Gasteiger partial charge in [-0.3, -0.25) is 0 Å². The lowest BCUT2D eigenvalue weighted by atomic mass is 10.1. The van der Waals surface area contributed by atoms with E-state index >= 15 is 0 Å². The number of hydrogen-bond donors (Lipinski definition) is 1. The molecule has 0 saturated heterocycles. The van der Waals surface area contributed by atoms with Crippen molar-refractivity contribution in [2.75, 3.05) is 10.2 Å². The highest BCUT2D eigenvalue weighted by Gasteiger charge is 2.28. The Bertz CT molecular complexity index is 944. The van der Waals surface area contributed by atoms with Crippen LogP contribution in [0, 0.1) is 20.8 Å². The van der Waals surface area contributed by atoms with E-state index in [9.17, 15) is 0 Å². The molecule has 4 rings (SSSR count). The number of para-hydroxylation sites is 1. The molecule has 26 heavy (non-hydrogen) atoms. The third kappa shape index (κ3) is 3.15. The number of aromatic nitrogens is 2. The Labute approximate surface area is 154 Å². The molecule has 2 heterocycles. The normalized spacial score (nSPS) is 15.8. The number of anilines is 4. The van der Waals surface area contributed by atoms with Crippen LogP contribution in [-0.4, -0.2) is 16.0 Å². The quantitative estimate of drug-likeness (QED) is 0.706. The number of nitrogens with zero attached hydrogens (tertiary/aromatic N) is 3. The molecule has 1 unspecified atom stereocenters. The zero-order valence-corrected chi connectivity index (χ0v) is 15.7. The van der Waals surface area contributed by atoms with Crippen LogP contribution in [-0.2, 0) is 6.42 Å². The Hall–Kier alpha value is -2.88. The van der Waals surface area contributed by atoms with E-state index in [4.69, 9.17) is 4.98 Å². The minimum Gasteiger partial charge on any atom is -0.324 e. The molecule has 4 heteroatoms. The lowest BCUT2D eigenvalue weighted by Crippen LogP contribution is -2.25. The second kappa shape index (κ2) is 6.45. The number of fused-ring (bicyclic) bond motifs is 1. The van der Waals surface area contributed by atoms with Crippen molar-refractivity contribution in [1.29, 1.82) is 0 Å². The Morgan fingerprint density at radius 2 is 1.69 bits per heavy atom. The first-order chi connectivity index (χ1) is 12.5. The summed E-state index contributed by atoms with van der Waals surface area (Å²) in [6, 6.07) is 17.4. The van der Waals surface area contributed by atoms with Crippen molar-refractivity contribution in [3.63, 3.8) is 0 Å². The molecule has 1 aromatic heterocycles. The molecule has 0 spiro atoms. The Balaban J connectivity index is 1.71. The van der Waals surface area contributed by atoms with Gasteiger partial charge < -0.3 is 10.2 Å². The second-order valence-electron chi connectivity index (χ2n) is 7.24. The van der Waals surface area contributed by atoms with Crippen molar-refractivity contribution in [2.24, 2.45) is 0 Å². The van der Waals surface area contributed by atoms with E-state index < -0.39 is 0 Å². The van der Waals surface area contributed by atoms with Crippen LogP contribution in [0.2, 0.25) is 0 Å². The molecule has 0 fully saturated rings.